The van der Waals surface area contributed by atoms with Gasteiger partial charge in [0.05, 0.1) is 17.6 Å². The highest BCUT2D eigenvalue weighted by Crippen LogP contribution is 2.37. The summed E-state index contributed by atoms with van der Waals surface area (Å²) in [6.07, 6.45) is 1.49. The van der Waals surface area contributed by atoms with Crippen LogP contribution < -0.4 is 14.8 Å². The van der Waals surface area contributed by atoms with Gasteiger partial charge in [0.1, 0.15) is 0 Å². The molecule has 2 rings (SSSR count). The average Bonchev–Trinajstić information content (AvgIpc) is 2.71. The summed E-state index contributed by atoms with van der Waals surface area (Å²) in [5.74, 6) is -0.994. The zero-order chi connectivity index (χ0) is 21.4. The second-order valence-corrected chi connectivity index (χ2v) is 5.94. The summed E-state index contributed by atoms with van der Waals surface area (Å²) in [4.78, 5) is 34.2. The summed E-state index contributed by atoms with van der Waals surface area (Å²) >= 11 is 5.79. The van der Waals surface area contributed by atoms with Gasteiger partial charge in [-0.3, -0.25) is 14.9 Å². The molecule has 29 heavy (non-hydrogen) atoms. The highest BCUT2D eigenvalue weighted by molar-refractivity contribution is 6.30. The summed E-state index contributed by atoms with van der Waals surface area (Å²) in [7, 11) is 1.34. The van der Waals surface area contributed by atoms with Crippen molar-refractivity contribution in [3.05, 3.63) is 69.8 Å². The van der Waals surface area contributed by atoms with E-state index in [4.69, 9.17) is 25.8 Å². The Morgan fingerprint density at radius 2 is 1.93 bits per heavy atom. The lowest BCUT2D eigenvalue weighted by atomic mass is 10.2. The number of nitro groups is 1. The van der Waals surface area contributed by atoms with Gasteiger partial charge >= 0.3 is 11.7 Å². The van der Waals surface area contributed by atoms with Gasteiger partial charge < -0.3 is 19.5 Å². The highest BCUT2D eigenvalue weighted by atomic mass is 35.5. The van der Waals surface area contributed by atoms with Crippen molar-refractivity contribution in [1.82, 2.24) is 5.32 Å². The molecule has 0 bridgehead atoms. The van der Waals surface area contributed by atoms with Crippen molar-refractivity contribution in [2.45, 2.75) is 0 Å². The molecule has 0 saturated heterocycles. The first-order chi connectivity index (χ1) is 13.8. The standard InChI is InChI=1S/C19H17ClN2O7/c1-3-8-21-18(23)11-28-19(24)12-4-6-16(17(9-12)27-2)29-15-7-5-13(20)10-14(15)22(25)26/h3-7,9-10H,1,8,11H2,2H3,(H,21,23). The van der Waals surface area contributed by atoms with Crippen LogP contribution >= 0.6 is 11.6 Å². The Balaban J connectivity index is 2.17. The topological polar surface area (TPSA) is 117 Å². The minimum Gasteiger partial charge on any atom is -0.493 e. The molecule has 2 aromatic rings. The molecule has 0 atom stereocenters. The molecule has 10 heteroatoms. The first kappa shape index (κ1) is 21.7. The van der Waals surface area contributed by atoms with E-state index in [-0.39, 0.29) is 40.1 Å². The zero-order valence-corrected chi connectivity index (χ0v) is 16.1. The maximum absolute atomic E-state index is 12.1. The molecule has 0 heterocycles. The minimum absolute atomic E-state index is 0.0492. The number of carbonyl (C=O) groups is 2. The number of halogens is 1. The van der Waals surface area contributed by atoms with Gasteiger partial charge in [-0.25, -0.2) is 4.79 Å². The fraction of sp³-hybridized carbons (Fsp3) is 0.158. The number of methoxy groups -OCH3 is 1. The molecular weight excluding hydrogens is 404 g/mol. The molecule has 1 amide bonds. The average molecular weight is 421 g/mol. The van der Waals surface area contributed by atoms with Crippen LogP contribution in [0.4, 0.5) is 5.69 Å². The molecule has 0 aliphatic rings. The van der Waals surface area contributed by atoms with E-state index in [1.807, 2.05) is 0 Å². The number of nitrogens with one attached hydrogen (secondary N) is 1. The third-order valence-corrected chi connectivity index (χ3v) is 3.75. The number of nitrogens with zero attached hydrogens (tertiary/aromatic N) is 1. The Labute approximate surface area is 171 Å². The van der Waals surface area contributed by atoms with Crippen molar-refractivity contribution in [3.8, 4) is 17.2 Å². The molecule has 152 valence electrons. The number of rotatable bonds is 9. The molecule has 9 nitrogen and oxygen atoms in total. The van der Waals surface area contributed by atoms with E-state index >= 15 is 0 Å². The highest BCUT2D eigenvalue weighted by Gasteiger charge is 2.19. The molecule has 0 aliphatic carbocycles. The summed E-state index contributed by atoms with van der Waals surface area (Å²) < 4.78 is 15.7. The maximum atomic E-state index is 12.1. The van der Waals surface area contributed by atoms with Crippen molar-refractivity contribution < 1.29 is 28.7 Å². The predicted octanol–water partition coefficient (Wildman–Crippen LogP) is 3.51. The molecular formula is C19H17ClN2O7. The van der Waals surface area contributed by atoms with Gasteiger partial charge in [-0.1, -0.05) is 17.7 Å². The van der Waals surface area contributed by atoms with E-state index in [0.717, 1.165) is 6.07 Å². The molecule has 1 N–H and O–H groups in total. The van der Waals surface area contributed by atoms with E-state index in [1.165, 1.54) is 43.5 Å². The zero-order valence-electron chi connectivity index (χ0n) is 15.3. The molecule has 0 fully saturated rings. The lowest BCUT2D eigenvalue weighted by Crippen LogP contribution is -2.28. The fourth-order valence-corrected chi connectivity index (χ4v) is 2.33. The van der Waals surface area contributed by atoms with Crippen LogP contribution in [0, 0.1) is 10.1 Å². The van der Waals surface area contributed by atoms with E-state index in [2.05, 4.69) is 11.9 Å². The maximum Gasteiger partial charge on any atom is 0.338 e. The minimum atomic E-state index is -0.749. The van der Waals surface area contributed by atoms with Crippen LogP contribution in [-0.2, 0) is 9.53 Å². The van der Waals surface area contributed by atoms with Crippen molar-refractivity contribution in [2.75, 3.05) is 20.3 Å². The quantitative estimate of drug-likeness (QED) is 0.285. The van der Waals surface area contributed by atoms with E-state index < -0.39 is 23.4 Å². The van der Waals surface area contributed by atoms with Crippen LogP contribution in [0.2, 0.25) is 5.02 Å². The lowest BCUT2D eigenvalue weighted by Gasteiger charge is -2.12. The fourth-order valence-electron chi connectivity index (χ4n) is 2.17. The first-order valence-electron chi connectivity index (χ1n) is 8.20. The van der Waals surface area contributed by atoms with Crippen LogP contribution in [0.1, 0.15) is 10.4 Å². The van der Waals surface area contributed by atoms with Crippen molar-refractivity contribution in [1.29, 1.82) is 0 Å². The number of ether oxygens (including phenoxy) is 3. The van der Waals surface area contributed by atoms with Gasteiger partial charge in [-0.15, -0.1) is 6.58 Å². The number of hydrogen-bond donors (Lipinski definition) is 1. The number of benzene rings is 2. The van der Waals surface area contributed by atoms with Crippen LogP contribution in [0.15, 0.2) is 49.1 Å². The Morgan fingerprint density at radius 3 is 2.59 bits per heavy atom. The molecule has 0 aliphatic heterocycles. The second kappa shape index (κ2) is 10.1. The number of carbonyl (C=O) groups excluding carboxylic acids is 2. The van der Waals surface area contributed by atoms with Gasteiger partial charge in [0.15, 0.2) is 18.1 Å². The summed E-state index contributed by atoms with van der Waals surface area (Å²) in [6, 6.07) is 8.06. The number of esters is 1. The summed E-state index contributed by atoms with van der Waals surface area (Å²) in [6.45, 7) is 3.26. The van der Waals surface area contributed by atoms with Gasteiger partial charge in [0.25, 0.3) is 5.91 Å². The van der Waals surface area contributed by atoms with Crippen LogP contribution in [-0.4, -0.2) is 37.1 Å². The third kappa shape index (κ3) is 5.94. The van der Waals surface area contributed by atoms with Gasteiger partial charge in [0.2, 0.25) is 5.75 Å². The second-order valence-electron chi connectivity index (χ2n) is 5.51. The Bertz CT molecular complexity index is 946. The van der Waals surface area contributed by atoms with Crippen molar-refractivity contribution >= 4 is 29.2 Å². The van der Waals surface area contributed by atoms with E-state index in [0.29, 0.717) is 0 Å². The van der Waals surface area contributed by atoms with Crippen LogP contribution in [0.25, 0.3) is 0 Å². The largest absolute Gasteiger partial charge is 0.493 e. The number of nitro benzene ring substituents is 1. The van der Waals surface area contributed by atoms with E-state index in [1.54, 1.807) is 0 Å². The van der Waals surface area contributed by atoms with E-state index in [9.17, 15) is 19.7 Å². The Kier molecular flexibility index (Phi) is 7.55. The molecule has 0 unspecified atom stereocenters. The molecule has 0 radical (unpaired) electrons. The normalized spacial score (nSPS) is 10.0. The van der Waals surface area contributed by atoms with Gasteiger partial charge in [-0.05, 0) is 30.3 Å². The van der Waals surface area contributed by atoms with Crippen molar-refractivity contribution in [3.63, 3.8) is 0 Å². The van der Waals surface area contributed by atoms with Gasteiger partial charge in [0, 0.05) is 17.6 Å². The van der Waals surface area contributed by atoms with Crippen LogP contribution in [0.3, 0.4) is 0 Å². The molecule has 2 aromatic carbocycles. The SMILES string of the molecule is C=CCNC(=O)COC(=O)c1ccc(Oc2ccc(Cl)cc2[N+](=O)[O-])c(OC)c1. The Hall–Kier alpha value is -3.59. The summed E-state index contributed by atoms with van der Waals surface area (Å²) in [5.41, 5.74) is -0.218. The molecule has 0 saturated carbocycles. The lowest BCUT2D eigenvalue weighted by molar-refractivity contribution is -0.385. The number of hydrogen-bond acceptors (Lipinski definition) is 7. The number of amides is 1. The van der Waals surface area contributed by atoms with Gasteiger partial charge in [-0.2, -0.15) is 0 Å². The monoisotopic (exact) mass is 420 g/mol. The van der Waals surface area contributed by atoms with Crippen LogP contribution in [0.5, 0.6) is 17.2 Å². The smallest absolute Gasteiger partial charge is 0.338 e. The molecule has 0 aromatic heterocycles. The summed E-state index contributed by atoms with van der Waals surface area (Å²) in [5, 5.41) is 13.9. The molecule has 0 spiro atoms. The first-order valence-corrected chi connectivity index (χ1v) is 8.58. The van der Waals surface area contributed by atoms with Crippen molar-refractivity contribution in [2.24, 2.45) is 0 Å². The Morgan fingerprint density at radius 1 is 1.21 bits per heavy atom. The third-order valence-electron chi connectivity index (χ3n) is 3.51. The predicted molar refractivity (Wildman–Crippen MR) is 105 cm³/mol.